The summed E-state index contributed by atoms with van der Waals surface area (Å²) in [4.78, 5) is 15.1. The lowest BCUT2D eigenvalue weighted by Crippen LogP contribution is -2.29. The standard InChI is InChI=1S/C10H13N5O/c1-2-13-9(16)6-15-10-8(12)3-7(4-11)5-14-10/h3,5H,2,6,12H2,1H3,(H,13,16)(H,14,15). The molecule has 0 aliphatic carbocycles. The number of pyridine rings is 1. The van der Waals surface area contributed by atoms with Crippen molar-refractivity contribution < 1.29 is 4.79 Å². The number of nitrogens with one attached hydrogen (secondary N) is 2. The van der Waals surface area contributed by atoms with E-state index in [2.05, 4.69) is 15.6 Å². The minimum Gasteiger partial charge on any atom is -0.396 e. The third-order valence-electron chi connectivity index (χ3n) is 1.84. The van der Waals surface area contributed by atoms with Gasteiger partial charge in [-0.1, -0.05) is 0 Å². The van der Waals surface area contributed by atoms with E-state index in [4.69, 9.17) is 11.0 Å². The van der Waals surface area contributed by atoms with Crippen LogP contribution in [0.3, 0.4) is 0 Å². The van der Waals surface area contributed by atoms with Gasteiger partial charge in [0.1, 0.15) is 11.9 Å². The van der Waals surface area contributed by atoms with E-state index in [9.17, 15) is 4.79 Å². The summed E-state index contributed by atoms with van der Waals surface area (Å²) in [6, 6.07) is 3.44. The number of nitriles is 1. The van der Waals surface area contributed by atoms with E-state index >= 15 is 0 Å². The van der Waals surface area contributed by atoms with Gasteiger partial charge in [-0.15, -0.1) is 0 Å². The first-order chi connectivity index (χ1) is 7.67. The molecule has 0 aliphatic rings. The molecule has 16 heavy (non-hydrogen) atoms. The fraction of sp³-hybridized carbons (Fsp3) is 0.300. The summed E-state index contributed by atoms with van der Waals surface area (Å²) in [6.07, 6.45) is 1.40. The van der Waals surface area contributed by atoms with Crippen molar-refractivity contribution in [3.05, 3.63) is 17.8 Å². The van der Waals surface area contributed by atoms with Crippen LogP contribution in [0.4, 0.5) is 11.5 Å². The zero-order chi connectivity index (χ0) is 12.0. The highest BCUT2D eigenvalue weighted by molar-refractivity contribution is 5.81. The van der Waals surface area contributed by atoms with Gasteiger partial charge in [0, 0.05) is 12.7 Å². The van der Waals surface area contributed by atoms with Crippen LogP contribution in [0, 0.1) is 11.3 Å². The number of carbonyl (C=O) groups excluding carboxylic acids is 1. The molecule has 0 unspecified atom stereocenters. The van der Waals surface area contributed by atoms with Crippen LogP contribution in [0.5, 0.6) is 0 Å². The van der Waals surface area contributed by atoms with Gasteiger partial charge >= 0.3 is 0 Å². The normalized spacial score (nSPS) is 9.25. The molecule has 4 N–H and O–H groups in total. The van der Waals surface area contributed by atoms with Gasteiger partial charge in [-0.3, -0.25) is 4.79 Å². The summed E-state index contributed by atoms with van der Waals surface area (Å²) in [5, 5.41) is 14.0. The molecule has 0 spiro atoms. The van der Waals surface area contributed by atoms with E-state index in [0.717, 1.165) is 0 Å². The number of hydrogen-bond acceptors (Lipinski definition) is 5. The van der Waals surface area contributed by atoms with Gasteiger partial charge in [0.25, 0.3) is 0 Å². The third-order valence-corrected chi connectivity index (χ3v) is 1.84. The Labute approximate surface area is 93.5 Å². The number of likely N-dealkylation sites (N-methyl/N-ethyl adjacent to an activating group) is 1. The smallest absolute Gasteiger partial charge is 0.239 e. The highest BCUT2D eigenvalue weighted by atomic mass is 16.1. The predicted molar refractivity (Wildman–Crippen MR) is 60.5 cm³/mol. The Morgan fingerprint density at radius 3 is 3.00 bits per heavy atom. The number of aromatic nitrogens is 1. The quantitative estimate of drug-likeness (QED) is 0.665. The summed E-state index contributed by atoms with van der Waals surface area (Å²) in [5.74, 6) is 0.276. The molecule has 1 aromatic heterocycles. The van der Waals surface area contributed by atoms with Crippen molar-refractivity contribution >= 4 is 17.4 Å². The molecule has 1 amide bonds. The van der Waals surface area contributed by atoms with E-state index < -0.39 is 0 Å². The minimum absolute atomic E-state index is 0.108. The maximum absolute atomic E-state index is 11.2. The van der Waals surface area contributed by atoms with Crippen LogP contribution < -0.4 is 16.4 Å². The van der Waals surface area contributed by atoms with Crippen molar-refractivity contribution in [2.24, 2.45) is 0 Å². The lowest BCUT2D eigenvalue weighted by molar-refractivity contribution is -0.119. The van der Waals surface area contributed by atoms with Crippen molar-refractivity contribution in [3.63, 3.8) is 0 Å². The number of carbonyl (C=O) groups is 1. The summed E-state index contributed by atoms with van der Waals surface area (Å²) in [5.41, 5.74) is 6.39. The van der Waals surface area contributed by atoms with Crippen molar-refractivity contribution in [2.75, 3.05) is 24.1 Å². The fourth-order valence-corrected chi connectivity index (χ4v) is 1.11. The average molecular weight is 219 g/mol. The molecule has 1 aromatic rings. The molecule has 0 saturated heterocycles. The lowest BCUT2D eigenvalue weighted by Gasteiger charge is -2.07. The summed E-state index contributed by atoms with van der Waals surface area (Å²) in [7, 11) is 0. The number of rotatable bonds is 4. The molecule has 6 nitrogen and oxygen atoms in total. The van der Waals surface area contributed by atoms with Crippen molar-refractivity contribution in [1.29, 1.82) is 5.26 Å². The van der Waals surface area contributed by atoms with Crippen LogP contribution in [0.2, 0.25) is 0 Å². The Morgan fingerprint density at radius 2 is 2.44 bits per heavy atom. The second-order valence-corrected chi connectivity index (χ2v) is 3.08. The van der Waals surface area contributed by atoms with Crippen LogP contribution in [-0.4, -0.2) is 24.0 Å². The molecule has 0 aliphatic heterocycles. The molecule has 1 heterocycles. The van der Waals surface area contributed by atoms with E-state index in [1.807, 2.05) is 13.0 Å². The Kier molecular flexibility index (Phi) is 4.09. The van der Waals surface area contributed by atoms with Crippen LogP contribution in [0.1, 0.15) is 12.5 Å². The average Bonchev–Trinajstić information content (AvgIpc) is 2.27. The zero-order valence-corrected chi connectivity index (χ0v) is 8.95. The second-order valence-electron chi connectivity index (χ2n) is 3.08. The Bertz CT molecular complexity index is 424. The molecule has 0 aromatic carbocycles. The number of anilines is 2. The van der Waals surface area contributed by atoms with Crippen molar-refractivity contribution in [3.8, 4) is 6.07 Å². The van der Waals surface area contributed by atoms with Gasteiger partial charge in [-0.2, -0.15) is 5.26 Å². The molecule has 0 fully saturated rings. The molecule has 6 heteroatoms. The van der Waals surface area contributed by atoms with Crippen LogP contribution in [0.25, 0.3) is 0 Å². The first-order valence-electron chi connectivity index (χ1n) is 4.83. The molecular weight excluding hydrogens is 206 g/mol. The molecule has 0 atom stereocenters. The minimum atomic E-state index is -0.131. The molecule has 0 saturated carbocycles. The highest BCUT2D eigenvalue weighted by Gasteiger charge is 2.04. The molecule has 0 radical (unpaired) electrons. The number of nitrogens with zero attached hydrogens (tertiary/aromatic N) is 2. The monoisotopic (exact) mass is 219 g/mol. The summed E-state index contributed by atoms with van der Waals surface area (Å²) < 4.78 is 0. The zero-order valence-electron chi connectivity index (χ0n) is 8.95. The Balaban J connectivity index is 2.62. The number of amides is 1. The van der Waals surface area contributed by atoms with E-state index in [0.29, 0.717) is 23.6 Å². The maximum atomic E-state index is 11.2. The van der Waals surface area contributed by atoms with Crippen molar-refractivity contribution in [2.45, 2.75) is 6.92 Å². The first-order valence-corrected chi connectivity index (χ1v) is 4.83. The first kappa shape index (κ1) is 11.8. The molecular formula is C10H13N5O. The Hall–Kier alpha value is -2.29. The van der Waals surface area contributed by atoms with E-state index in [-0.39, 0.29) is 12.5 Å². The second kappa shape index (κ2) is 5.56. The van der Waals surface area contributed by atoms with Gasteiger partial charge < -0.3 is 16.4 Å². The van der Waals surface area contributed by atoms with Crippen LogP contribution >= 0.6 is 0 Å². The number of nitrogens with two attached hydrogens (primary N) is 1. The van der Waals surface area contributed by atoms with Gasteiger partial charge in [0.05, 0.1) is 17.8 Å². The van der Waals surface area contributed by atoms with Gasteiger partial charge in [0.15, 0.2) is 0 Å². The summed E-state index contributed by atoms with van der Waals surface area (Å²) in [6.45, 7) is 2.53. The van der Waals surface area contributed by atoms with Gasteiger partial charge in [-0.05, 0) is 13.0 Å². The Morgan fingerprint density at radius 1 is 1.69 bits per heavy atom. The lowest BCUT2D eigenvalue weighted by atomic mass is 10.3. The van der Waals surface area contributed by atoms with Gasteiger partial charge in [-0.25, -0.2) is 4.98 Å². The molecule has 0 bridgehead atoms. The topological polar surface area (TPSA) is 104 Å². The van der Waals surface area contributed by atoms with E-state index in [1.54, 1.807) is 0 Å². The number of hydrogen-bond donors (Lipinski definition) is 3. The third kappa shape index (κ3) is 3.13. The predicted octanol–water partition coefficient (Wildman–Crippen LogP) is 0.0835. The maximum Gasteiger partial charge on any atom is 0.239 e. The SMILES string of the molecule is CCNC(=O)CNc1ncc(C#N)cc1N. The van der Waals surface area contributed by atoms with Crippen molar-refractivity contribution in [1.82, 2.24) is 10.3 Å². The van der Waals surface area contributed by atoms with Gasteiger partial charge in [0.2, 0.25) is 5.91 Å². The highest BCUT2D eigenvalue weighted by Crippen LogP contribution is 2.15. The van der Waals surface area contributed by atoms with Crippen LogP contribution in [-0.2, 0) is 4.79 Å². The molecule has 84 valence electrons. The molecule has 1 rings (SSSR count). The van der Waals surface area contributed by atoms with E-state index in [1.165, 1.54) is 12.3 Å². The van der Waals surface area contributed by atoms with Crippen LogP contribution in [0.15, 0.2) is 12.3 Å². The number of nitrogen functional groups attached to an aromatic ring is 1. The summed E-state index contributed by atoms with van der Waals surface area (Å²) >= 11 is 0. The largest absolute Gasteiger partial charge is 0.396 e. The fourth-order valence-electron chi connectivity index (χ4n) is 1.11.